The molecule has 0 radical (unpaired) electrons. The van der Waals surface area contributed by atoms with Gasteiger partial charge in [-0.3, -0.25) is 0 Å². The first kappa shape index (κ1) is 12.9. The van der Waals surface area contributed by atoms with Gasteiger partial charge in [-0.15, -0.1) is 0 Å². The van der Waals surface area contributed by atoms with E-state index in [1.165, 1.54) is 0 Å². The van der Waals surface area contributed by atoms with Crippen LogP contribution in [0.4, 0.5) is 0 Å². The van der Waals surface area contributed by atoms with Crippen molar-refractivity contribution in [3.63, 3.8) is 0 Å². The van der Waals surface area contributed by atoms with Crippen LogP contribution >= 0.6 is 0 Å². The third kappa shape index (κ3) is 3.14. The molecule has 0 amide bonds. The summed E-state index contributed by atoms with van der Waals surface area (Å²) in [5.41, 5.74) is -0.0355. The van der Waals surface area contributed by atoms with Crippen molar-refractivity contribution in [2.24, 2.45) is 5.41 Å². The summed E-state index contributed by atoms with van der Waals surface area (Å²) >= 11 is 0. The van der Waals surface area contributed by atoms with Crippen LogP contribution in [-0.4, -0.2) is 48.7 Å². The number of hydrogen-bond donors (Lipinski definition) is 3. The fourth-order valence-corrected chi connectivity index (χ4v) is 1.95. The van der Waals surface area contributed by atoms with Gasteiger partial charge in [-0.05, 0) is 19.4 Å². The Balaban J connectivity index is 2.11. The molecule has 3 atom stereocenters. The molecule has 90 valence electrons. The van der Waals surface area contributed by atoms with Crippen molar-refractivity contribution < 1.29 is 14.9 Å². The topological polar surface area (TPSA) is 61.7 Å². The Morgan fingerprint density at radius 2 is 2.20 bits per heavy atom. The minimum Gasteiger partial charge on any atom is -0.392 e. The Hall–Kier alpha value is -0.160. The van der Waals surface area contributed by atoms with Gasteiger partial charge in [0.05, 0.1) is 18.8 Å². The highest BCUT2D eigenvalue weighted by molar-refractivity contribution is 5.01. The van der Waals surface area contributed by atoms with Gasteiger partial charge >= 0.3 is 0 Å². The van der Waals surface area contributed by atoms with E-state index in [9.17, 15) is 10.2 Å². The van der Waals surface area contributed by atoms with E-state index < -0.39 is 6.10 Å². The minimum atomic E-state index is -0.393. The number of aliphatic hydroxyl groups is 2. The molecule has 0 bridgehead atoms. The Labute approximate surface area is 91.6 Å². The van der Waals surface area contributed by atoms with Gasteiger partial charge in [0.15, 0.2) is 0 Å². The zero-order chi connectivity index (χ0) is 11.5. The molecular formula is C11H23NO3. The first-order chi connectivity index (χ1) is 6.98. The average molecular weight is 217 g/mol. The van der Waals surface area contributed by atoms with Crippen LogP contribution in [0.3, 0.4) is 0 Å². The molecule has 0 aromatic heterocycles. The van der Waals surface area contributed by atoms with Gasteiger partial charge in [-0.2, -0.15) is 0 Å². The Kier molecular flexibility index (Phi) is 4.52. The summed E-state index contributed by atoms with van der Waals surface area (Å²) in [7, 11) is 1.59. The third-order valence-corrected chi connectivity index (χ3v) is 3.44. The molecule has 15 heavy (non-hydrogen) atoms. The number of ether oxygens (including phenoxy) is 1. The van der Waals surface area contributed by atoms with E-state index in [1.54, 1.807) is 7.11 Å². The number of hydrogen-bond acceptors (Lipinski definition) is 4. The van der Waals surface area contributed by atoms with Gasteiger partial charge in [0.25, 0.3) is 0 Å². The fourth-order valence-electron chi connectivity index (χ4n) is 1.95. The van der Waals surface area contributed by atoms with Crippen LogP contribution in [0, 0.1) is 5.41 Å². The maximum absolute atomic E-state index is 9.53. The van der Waals surface area contributed by atoms with Crippen LogP contribution in [0.2, 0.25) is 0 Å². The monoisotopic (exact) mass is 217 g/mol. The molecule has 1 aliphatic rings. The van der Waals surface area contributed by atoms with E-state index in [2.05, 4.69) is 19.2 Å². The summed E-state index contributed by atoms with van der Waals surface area (Å²) in [4.78, 5) is 0. The lowest BCUT2D eigenvalue weighted by Crippen LogP contribution is -2.60. The molecule has 0 aromatic carbocycles. The summed E-state index contributed by atoms with van der Waals surface area (Å²) < 4.78 is 4.84. The molecule has 3 unspecified atom stereocenters. The SMILES string of the molecule is COCC(O)CCNC1CC(O)C1(C)C. The summed E-state index contributed by atoms with van der Waals surface area (Å²) in [6.45, 7) is 5.28. The highest BCUT2D eigenvalue weighted by Gasteiger charge is 2.46. The number of rotatable bonds is 6. The van der Waals surface area contributed by atoms with E-state index in [-0.39, 0.29) is 11.5 Å². The largest absolute Gasteiger partial charge is 0.392 e. The lowest BCUT2D eigenvalue weighted by Gasteiger charge is -2.49. The predicted octanol–water partition coefficient (Wildman–Crippen LogP) is 0.133. The molecule has 0 aliphatic heterocycles. The quantitative estimate of drug-likeness (QED) is 0.592. The van der Waals surface area contributed by atoms with Gasteiger partial charge in [0, 0.05) is 18.6 Å². The van der Waals surface area contributed by atoms with Gasteiger partial charge in [0.2, 0.25) is 0 Å². The van der Waals surface area contributed by atoms with Crippen molar-refractivity contribution in [3.05, 3.63) is 0 Å². The van der Waals surface area contributed by atoms with E-state index in [0.717, 1.165) is 13.0 Å². The number of nitrogens with one attached hydrogen (secondary N) is 1. The van der Waals surface area contributed by atoms with Gasteiger partial charge in [-0.25, -0.2) is 0 Å². The normalized spacial score (nSPS) is 31.0. The van der Waals surface area contributed by atoms with Crippen LogP contribution in [0.1, 0.15) is 26.7 Å². The van der Waals surface area contributed by atoms with Gasteiger partial charge < -0.3 is 20.3 Å². The summed E-state index contributed by atoms with van der Waals surface area (Å²) in [6, 6.07) is 0.363. The highest BCUT2D eigenvalue weighted by atomic mass is 16.5. The molecule has 0 saturated heterocycles. The molecule has 1 aliphatic carbocycles. The second-order valence-corrected chi connectivity index (χ2v) is 4.98. The molecule has 1 fully saturated rings. The molecule has 0 aromatic rings. The first-order valence-electron chi connectivity index (χ1n) is 5.57. The standard InChI is InChI=1S/C11H23NO3/c1-11(2)9(6-10(11)14)12-5-4-8(13)7-15-3/h8-10,12-14H,4-7H2,1-3H3. The number of methoxy groups -OCH3 is 1. The smallest absolute Gasteiger partial charge is 0.0785 e. The molecule has 0 heterocycles. The van der Waals surface area contributed by atoms with Crippen molar-refractivity contribution in [2.75, 3.05) is 20.3 Å². The predicted molar refractivity (Wildman–Crippen MR) is 58.7 cm³/mol. The van der Waals surface area contributed by atoms with E-state index in [4.69, 9.17) is 4.74 Å². The van der Waals surface area contributed by atoms with Crippen molar-refractivity contribution in [3.8, 4) is 0 Å². The first-order valence-corrected chi connectivity index (χ1v) is 5.57. The summed E-state index contributed by atoms with van der Waals surface area (Å²) in [5.74, 6) is 0. The van der Waals surface area contributed by atoms with Gasteiger partial charge in [0.1, 0.15) is 0 Å². The second-order valence-electron chi connectivity index (χ2n) is 4.98. The summed E-state index contributed by atoms with van der Waals surface area (Å²) in [6.07, 6.45) is 0.915. The van der Waals surface area contributed by atoms with Crippen LogP contribution in [0.25, 0.3) is 0 Å². The molecule has 0 spiro atoms. The number of aliphatic hydroxyl groups excluding tert-OH is 2. The maximum atomic E-state index is 9.53. The van der Waals surface area contributed by atoms with Crippen LogP contribution in [0.15, 0.2) is 0 Å². The minimum absolute atomic E-state index is 0.0355. The maximum Gasteiger partial charge on any atom is 0.0785 e. The van der Waals surface area contributed by atoms with E-state index in [1.807, 2.05) is 0 Å². The van der Waals surface area contributed by atoms with Crippen LogP contribution in [-0.2, 0) is 4.74 Å². The molecule has 4 heteroatoms. The Morgan fingerprint density at radius 3 is 2.67 bits per heavy atom. The van der Waals surface area contributed by atoms with Crippen molar-refractivity contribution in [1.82, 2.24) is 5.32 Å². The fraction of sp³-hybridized carbons (Fsp3) is 1.00. The molecule has 3 N–H and O–H groups in total. The zero-order valence-electron chi connectivity index (χ0n) is 9.86. The van der Waals surface area contributed by atoms with E-state index in [0.29, 0.717) is 19.1 Å². The third-order valence-electron chi connectivity index (χ3n) is 3.44. The van der Waals surface area contributed by atoms with Crippen molar-refractivity contribution in [2.45, 2.75) is 44.9 Å². The van der Waals surface area contributed by atoms with E-state index >= 15 is 0 Å². The lowest BCUT2D eigenvalue weighted by molar-refractivity contribution is -0.0731. The molecule has 1 saturated carbocycles. The van der Waals surface area contributed by atoms with Crippen molar-refractivity contribution >= 4 is 0 Å². The Bertz CT molecular complexity index is 196. The lowest BCUT2D eigenvalue weighted by atomic mass is 9.64. The van der Waals surface area contributed by atoms with Crippen molar-refractivity contribution in [1.29, 1.82) is 0 Å². The average Bonchev–Trinajstić information content (AvgIpc) is 2.17. The Morgan fingerprint density at radius 1 is 1.53 bits per heavy atom. The highest BCUT2D eigenvalue weighted by Crippen LogP contribution is 2.40. The summed E-state index contributed by atoms with van der Waals surface area (Å²) in [5, 5.41) is 22.3. The second kappa shape index (κ2) is 5.25. The molecular weight excluding hydrogens is 194 g/mol. The molecule has 4 nitrogen and oxygen atoms in total. The van der Waals surface area contributed by atoms with Crippen LogP contribution < -0.4 is 5.32 Å². The van der Waals surface area contributed by atoms with Crippen LogP contribution in [0.5, 0.6) is 0 Å². The zero-order valence-corrected chi connectivity index (χ0v) is 9.86. The molecule has 1 rings (SSSR count). The van der Waals surface area contributed by atoms with Gasteiger partial charge in [-0.1, -0.05) is 13.8 Å².